The van der Waals surface area contributed by atoms with Crippen molar-refractivity contribution in [2.24, 2.45) is 0 Å². The summed E-state index contributed by atoms with van der Waals surface area (Å²) >= 11 is 6.01. The lowest BCUT2D eigenvalue weighted by atomic mass is 10.0. The van der Waals surface area contributed by atoms with Gasteiger partial charge >= 0.3 is 6.18 Å². The zero-order valence-corrected chi connectivity index (χ0v) is 15.2. The van der Waals surface area contributed by atoms with E-state index in [0.29, 0.717) is 28.4 Å². The first-order valence-electron chi connectivity index (χ1n) is 8.20. The highest BCUT2D eigenvalue weighted by Gasteiger charge is 2.32. The quantitative estimate of drug-likeness (QED) is 0.758. The van der Waals surface area contributed by atoms with E-state index in [-0.39, 0.29) is 19.1 Å². The molecule has 0 radical (unpaired) electrons. The fourth-order valence-electron chi connectivity index (χ4n) is 2.94. The average molecular weight is 400 g/mol. The Balaban J connectivity index is 1.80. The average Bonchev–Trinajstić information content (AvgIpc) is 2.66. The van der Waals surface area contributed by atoms with Gasteiger partial charge in [-0.25, -0.2) is 0 Å². The minimum Gasteiger partial charge on any atom is -0.497 e. The van der Waals surface area contributed by atoms with Crippen LogP contribution in [0.25, 0.3) is 0 Å². The molecule has 0 N–H and O–H groups in total. The van der Waals surface area contributed by atoms with Gasteiger partial charge in [-0.2, -0.15) is 13.2 Å². The number of hydrogen-bond donors (Lipinski definition) is 0. The minimum atomic E-state index is -4.43. The molecule has 1 aliphatic rings. The second kappa shape index (κ2) is 7.78. The summed E-state index contributed by atoms with van der Waals surface area (Å²) in [6.45, 7) is 0.711. The first-order valence-corrected chi connectivity index (χ1v) is 8.58. The van der Waals surface area contributed by atoms with Gasteiger partial charge in [-0.15, -0.1) is 0 Å². The molecule has 1 atom stereocenters. The smallest absolute Gasteiger partial charge is 0.416 e. The summed E-state index contributed by atoms with van der Waals surface area (Å²) in [4.78, 5) is 14.3. The van der Waals surface area contributed by atoms with Gasteiger partial charge in [0.1, 0.15) is 11.9 Å². The second-order valence-corrected chi connectivity index (χ2v) is 6.55. The summed E-state index contributed by atoms with van der Waals surface area (Å²) in [5.41, 5.74) is -0.0123. The molecule has 1 heterocycles. The number of methoxy groups -OCH3 is 1. The molecule has 1 amide bonds. The molecule has 1 fully saturated rings. The van der Waals surface area contributed by atoms with Crippen LogP contribution in [0.15, 0.2) is 42.5 Å². The zero-order valence-electron chi connectivity index (χ0n) is 14.4. The Kier molecular flexibility index (Phi) is 5.62. The van der Waals surface area contributed by atoms with Crippen molar-refractivity contribution in [1.82, 2.24) is 4.90 Å². The van der Waals surface area contributed by atoms with Crippen molar-refractivity contribution in [3.05, 3.63) is 64.2 Å². The van der Waals surface area contributed by atoms with Crippen LogP contribution in [0.3, 0.4) is 0 Å². The van der Waals surface area contributed by atoms with Gasteiger partial charge in [0.05, 0.1) is 25.8 Å². The lowest BCUT2D eigenvalue weighted by molar-refractivity contribution is -0.137. The van der Waals surface area contributed by atoms with E-state index < -0.39 is 17.8 Å². The maximum absolute atomic E-state index is 12.9. The number of benzene rings is 2. The topological polar surface area (TPSA) is 38.8 Å². The molecule has 2 aromatic rings. The molecule has 3 rings (SSSR count). The number of ether oxygens (including phenoxy) is 2. The van der Waals surface area contributed by atoms with Crippen molar-refractivity contribution in [1.29, 1.82) is 0 Å². The molecule has 0 bridgehead atoms. The summed E-state index contributed by atoms with van der Waals surface area (Å²) in [5.74, 6) is 0.171. The summed E-state index contributed by atoms with van der Waals surface area (Å²) in [6, 6.07) is 9.65. The first kappa shape index (κ1) is 19.5. The van der Waals surface area contributed by atoms with Crippen LogP contribution in [-0.2, 0) is 10.9 Å². The molecule has 1 unspecified atom stereocenters. The molecule has 0 aromatic heterocycles. The zero-order chi connectivity index (χ0) is 19.6. The molecule has 2 aromatic carbocycles. The fourth-order valence-corrected chi connectivity index (χ4v) is 3.16. The van der Waals surface area contributed by atoms with Crippen LogP contribution in [0.1, 0.15) is 27.6 Å². The van der Waals surface area contributed by atoms with Crippen LogP contribution in [0, 0.1) is 0 Å². The van der Waals surface area contributed by atoms with Gasteiger partial charge in [0.2, 0.25) is 0 Å². The van der Waals surface area contributed by atoms with E-state index in [4.69, 9.17) is 21.1 Å². The molecular weight excluding hydrogens is 383 g/mol. The third-order valence-electron chi connectivity index (χ3n) is 4.29. The van der Waals surface area contributed by atoms with Crippen LogP contribution in [0.4, 0.5) is 13.2 Å². The summed E-state index contributed by atoms with van der Waals surface area (Å²) < 4.78 is 49.5. The normalized spacial score (nSPS) is 17.7. The molecule has 1 aliphatic heterocycles. The van der Waals surface area contributed by atoms with Crippen molar-refractivity contribution >= 4 is 17.5 Å². The first-order chi connectivity index (χ1) is 12.8. The number of nitrogens with zero attached hydrogens (tertiary/aromatic N) is 1. The maximum Gasteiger partial charge on any atom is 0.416 e. The van der Waals surface area contributed by atoms with Gasteiger partial charge in [0.25, 0.3) is 5.91 Å². The number of amides is 1. The number of morpholine rings is 1. The van der Waals surface area contributed by atoms with E-state index in [0.717, 1.165) is 12.1 Å². The Morgan fingerprint density at radius 1 is 1.26 bits per heavy atom. The second-order valence-electron chi connectivity index (χ2n) is 6.11. The molecule has 0 aliphatic carbocycles. The molecular formula is C19H17ClF3NO3. The van der Waals surface area contributed by atoms with E-state index in [2.05, 4.69) is 0 Å². The summed E-state index contributed by atoms with van der Waals surface area (Å²) in [5, 5.41) is 0.361. The van der Waals surface area contributed by atoms with Gasteiger partial charge in [-0.1, -0.05) is 23.7 Å². The van der Waals surface area contributed by atoms with Crippen molar-refractivity contribution in [2.45, 2.75) is 12.3 Å². The van der Waals surface area contributed by atoms with E-state index in [1.54, 1.807) is 23.1 Å². The molecule has 1 saturated heterocycles. The number of alkyl halides is 3. The highest BCUT2D eigenvalue weighted by atomic mass is 35.5. The van der Waals surface area contributed by atoms with Crippen LogP contribution < -0.4 is 4.74 Å². The third-order valence-corrected chi connectivity index (χ3v) is 4.51. The maximum atomic E-state index is 12.9. The van der Waals surface area contributed by atoms with E-state index in [9.17, 15) is 18.0 Å². The van der Waals surface area contributed by atoms with Crippen LogP contribution in [0.5, 0.6) is 5.75 Å². The Bertz CT molecular complexity index is 841. The van der Waals surface area contributed by atoms with Gasteiger partial charge in [-0.05, 0) is 35.9 Å². The lowest BCUT2D eigenvalue weighted by Gasteiger charge is -2.33. The number of halogens is 4. The van der Waals surface area contributed by atoms with Crippen LogP contribution in [0.2, 0.25) is 5.02 Å². The number of rotatable bonds is 3. The van der Waals surface area contributed by atoms with E-state index >= 15 is 0 Å². The summed E-state index contributed by atoms with van der Waals surface area (Å²) in [6.07, 6.45) is -5.07. The number of carbonyl (C=O) groups is 1. The molecule has 8 heteroatoms. The highest BCUT2D eigenvalue weighted by molar-refractivity contribution is 6.31. The van der Waals surface area contributed by atoms with Crippen molar-refractivity contribution in [2.75, 3.05) is 26.8 Å². The van der Waals surface area contributed by atoms with Crippen molar-refractivity contribution < 1.29 is 27.4 Å². The predicted molar refractivity (Wildman–Crippen MR) is 94.0 cm³/mol. The van der Waals surface area contributed by atoms with E-state index in [1.807, 2.05) is 0 Å². The Morgan fingerprint density at radius 3 is 2.74 bits per heavy atom. The minimum absolute atomic E-state index is 0.148. The Morgan fingerprint density at radius 2 is 2.04 bits per heavy atom. The third kappa shape index (κ3) is 4.54. The van der Waals surface area contributed by atoms with Crippen LogP contribution >= 0.6 is 11.6 Å². The largest absolute Gasteiger partial charge is 0.497 e. The van der Waals surface area contributed by atoms with Gasteiger partial charge in [0.15, 0.2) is 0 Å². The summed E-state index contributed by atoms with van der Waals surface area (Å²) in [7, 11) is 1.47. The van der Waals surface area contributed by atoms with Gasteiger partial charge < -0.3 is 14.4 Å². The molecule has 27 heavy (non-hydrogen) atoms. The highest BCUT2D eigenvalue weighted by Crippen LogP contribution is 2.32. The van der Waals surface area contributed by atoms with E-state index in [1.165, 1.54) is 19.2 Å². The molecule has 4 nitrogen and oxygen atoms in total. The number of carbonyl (C=O) groups excluding carboxylic acids is 1. The Labute approximate surface area is 159 Å². The fraction of sp³-hybridized carbons (Fsp3) is 0.316. The van der Waals surface area contributed by atoms with Crippen molar-refractivity contribution in [3.63, 3.8) is 0 Å². The monoisotopic (exact) mass is 399 g/mol. The van der Waals surface area contributed by atoms with Crippen molar-refractivity contribution in [3.8, 4) is 5.75 Å². The molecule has 0 spiro atoms. The molecule has 0 saturated carbocycles. The standard InChI is InChI=1S/C19H17ClF3NO3/c1-26-16-9-13(8-15(20)10-16)18(25)24-5-6-27-17(11-24)12-3-2-4-14(7-12)19(21,22)23/h2-4,7-10,17H,5-6,11H2,1H3. The predicted octanol–water partition coefficient (Wildman–Crippen LogP) is 4.58. The lowest BCUT2D eigenvalue weighted by Crippen LogP contribution is -2.42. The SMILES string of the molecule is COc1cc(Cl)cc(C(=O)N2CCOC(c3cccc(C(F)(F)F)c3)C2)c1. The number of hydrogen-bond acceptors (Lipinski definition) is 3. The van der Waals surface area contributed by atoms with Gasteiger partial charge in [0, 0.05) is 17.1 Å². The Hall–Kier alpha value is -2.25. The van der Waals surface area contributed by atoms with Crippen LogP contribution in [-0.4, -0.2) is 37.6 Å². The molecule has 144 valence electrons. The van der Waals surface area contributed by atoms with Gasteiger partial charge in [-0.3, -0.25) is 4.79 Å².